The van der Waals surface area contributed by atoms with Gasteiger partial charge in [-0.1, -0.05) is 12.1 Å². The van der Waals surface area contributed by atoms with Gasteiger partial charge in [0.15, 0.2) is 0 Å². The van der Waals surface area contributed by atoms with E-state index in [0.717, 1.165) is 22.7 Å². The van der Waals surface area contributed by atoms with Crippen molar-refractivity contribution in [2.45, 2.75) is 13.5 Å². The standard InChI is InChI=1S/C16H18N2O2/c1-12(19)18-14-6-8-16(9-7-14)20-11-13-4-3-5-15(10-13)17-2/h3-10,17H,11H2,1-2H3,(H,18,19). The minimum Gasteiger partial charge on any atom is -0.489 e. The Morgan fingerprint density at radius 2 is 1.85 bits per heavy atom. The van der Waals surface area contributed by atoms with Crippen molar-refractivity contribution in [2.75, 3.05) is 17.7 Å². The number of benzene rings is 2. The lowest BCUT2D eigenvalue weighted by atomic mass is 10.2. The van der Waals surface area contributed by atoms with E-state index in [-0.39, 0.29) is 5.91 Å². The van der Waals surface area contributed by atoms with Crippen molar-refractivity contribution in [2.24, 2.45) is 0 Å². The molecule has 20 heavy (non-hydrogen) atoms. The molecule has 4 nitrogen and oxygen atoms in total. The van der Waals surface area contributed by atoms with Crippen LogP contribution in [0, 0.1) is 0 Å². The molecule has 2 rings (SSSR count). The fourth-order valence-corrected chi connectivity index (χ4v) is 1.82. The highest BCUT2D eigenvalue weighted by Crippen LogP contribution is 2.18. The molecule has 0 fully saturated rings. The highest BCUT2D eigenvalue weighted by Gasteiger charge is 1.99. The summed E-state index contributed by atoms with van der Waals surface area (Å²) in [4.78, 5) is 10.9. The van der Waals surface area contributed by atoms with E-state index in [1.807, 2.05) is 55.6 Å². The first-order chi connectivity index (χ1) is 9.67. The van der Waals surface area contributed by atoms with Crippen LogP contribution in [-0.4, -0.2) is 13.0 Å². The largest absolute Gasteiger partial charge is 0.489 e. The molecule has 0 heterocycles. The summed E-state index contributed by atoms with van der Waals surface area (Å²) in [6.07, 6.45) is 0. The molecule has 2 aromatic carbocycles. The number of amides is 1. The second kappa shape index (κ2) is 6.61. The molecule has 0 saturated heterocycles. The second-order valence-electron chi connectivity index (χ2n) is 4.44. The maximum atomic E-state index is 10.9. The molecule has 0 bridgehead atoms. The fraction of sp³-hybridized carbons (Fsp3) is 0.188. The highest BCUT2D eigenvalue weighted by molar-refractivity contribution is 5.88. The predicted octanol–water partition coefficient (Wildman–Crippen LogP) is 3.27. The minimum absolute atomic E-state index is 0.0810. The van der Waals surface area contributed by atoms with Gasteiger partial charge < -0.3 is 15.4 Å². The molecule has 0 aliphatic rings. The maximum Gasteiger partial charge on any atom is 0.221 e. The van der Waals surface area contributed by atoms with E-state index >= 15 is 0 Å². The van der Waals surface area contributed by atoms with E-state index in [9.17, 15) is 4.79 Å². The lowest BCUT2D eigenvalue weighted by molar-refractivity contribution is -0.114. The van der Waals surface area contributed by atoms with E-state index in [1.165, 1.54) is 6.92 Å². The van der Waals surface area contributed by atoms with E-state index in [0.29, 0.717) is 6.61 Å². The first kappa shape index (κ1) is 13.9. The Labute approximate surface area is 118 Å². The molecule has 4 heteroatoms. The molecule has 0 spiro atoms. The van der Waals surface area contributed by atoms with Gasteiger partial charge >= 0.3 is 0 Å². The van der Waals surface area contributed by atoms with Crippen LogP contribution in [-0.2, 0) is 11.4 Å². The molecule has 2 aromatic rings. The van der Waals surface area contributed by atoms with Gasteiger partial charge in [0.2, 0.25) is 5.91 Å². The van der Waals surface area contributed by atoms with Crippen molar-refractivity contribution < 1.29 is 9.53 Å². The summed E-state index contributed by atoms with van der Waals surface area (Å²) >= 11 is 0. The number of hydrogen-bond donors (Lipinski definition) is 2. The van der Waals surface area contributed by atoms with Crippen LogP contribution in [0.2, 0.25) is 0 Å². The van der Waals surface area contributed by atoms with Crippen LogP contribution in [0.4, 0.5) is 11.4 Å². The highest BCUT2D eigenvalue weighted by atomic mass is 16.5. The number of anilines is 2. The Kier molecular flexibility index (Phi) is 4.60. The third-order valence-corrected chi connectivity index (χ3v) is 2.80. The van der Waals surface area contributed by atoms with Crippen LogP contribution in [0.5, 0.6) is 5.75 Å². The number of carbonyl (C=O) groups excluding carboxylic acids is 1. The zero-order valence-corrected chi connectivity index (χ0v) is 11.6. The van der Waals surface area contributed by atoms with Crippen molar-refractivity contribution in [3.63, 3.8) is 0 Å². The third-order valence-electron chi connectivity index (χ3n) is 2.80. The van der Waals surface area contributed by atoms with E-state index in [2.05, 4.69) is 10.6 Å². The Hall–Kier alpha value is -2.49. The van der Waals surface area contributed by atoms with Gasteiger partial charge in [-0.25, -0.2) is 0 Å². The van der Waals surface area contributed by atoms with Gasteiger partial charge in [0.25, 0.3) is 0 Å². The zero-order chi connectivity index (χ0) is 14.4. The normalized spacial score (nSPS) is 9.90. The summed E-state index contributed by atoms with van der Waals surface area (Å²) in [7, 11) is 1.89. The number of rotatable bonds is 5. The van der Waals surface area contributed by atoms with Crippen LogP contribution in [0.3, 0.4) is 0 Å². The summed E-state index contributed by atoms with van der Waals surface area (Å²) in [5.74, 6) is 0.691. The van der Waals surface area contributed by atoms with Crippen molar-refractivity contribution in [3.8, 4) is 5.75 Å². The number of nitrogens with one attached hydrogen (secondary N) is 2. The molecule has 0 aliphatic heterocycles. The van der Waals surface area contributed by atoms with Crippen LogP contribution in [0.1, 0.15) is 12.5 Å². The van der Waals surface area contributed by atoms with Gasteiger partial charge in [0, 0.05) is 25.3 Å². The molecule has 0 aliphatic carbocycles. The first-order valence-corrected chi connectivity index (χ1v) is 6.44. The maximum absolute atomic E-state index is 10.9. The molecule has 0 saturated carbocycles. The average Bonchev–Trinajstić information content (AvgIpc) is 2.46. The summed E-state index contributed by atoms with van der Waals surface area (Å²) in [6, 6.07) is 15.4. The van der Waals surface area contributed by atoms with Gasteiger partial charge in [0.05, 0.1) is 0 Å². The van der Waals surface area contributed by atoms with Crippen LogP contribution < -0.4 is 15.4 Å². The van der Waals surface area contributed by atoms with Crippen molar-refractivity contribution in [1.82, 2.24) is 0 Å². The molecular formula is C16H18N2O2. The Balaban J connectivity index is 1.94. The molecule has 1 amide bonds. The zero-order valence-electron chi connectivity index (χ0n) is 11.6. The molecule has 0 atom stereocenters. The predicted molar refractivity (Wildman–Crippen MR) is 81.1 cm³/mol. The topological polar surface area (TPSA) is 50.4 Å². The van der Waals surface area contributed by atoms with Crippen LogP contribution in [0.15, 0.2) is 48.5 Å². The summed E-state index contributed by atoms with van der Waals surface area (Å²) in [5.41, 5.74) is 2.93. The van der Waals surface area contributed by atoms with Crippen molar-refractivity contribution in [3.05, 3.63) is 54.1 Å². The van der Waals surface area contributed by atoms with Gasteiger partial charge in [-0.15, -0.1) is 0 Å². The molecule has 0 unspecified atom stereocenters. The molecular weight excluding hydrogens is 252 g/mol. The summed E-state index contributed by atoms with van der Waals surface area (Å²) in [6.45, 7) is 1.99. The molecule has 104 valence electrons. The fourth-order valence-electron chi connectivity index (χ4n) is 1.82. The van der Waals surface area contributed by atoms with Gasteiger partial charge in [0.1, 0.15) is 12.4 Å². The minimum atomic E-state index is -0.0810. The van der Waals surface area contributed by atoms with E-state index < -0.39 is 0 Å². The van der Waals surface area contributed by atoms with Crippen molar-refractivity contribution in [1.29, 1.82) is 0 Å². The smallest absolute Gasteiger partial charge is 0.221 e. The Morgan fingerprint density at radius 1 is 1.10 bits per heavy atom. The third kappa shape index (κ3) is 4.02. The number of carbonyl (C=O) groups is 1. The monoisotopic (exact) mass is 270 g/mol. The molecule has 0 aromatic heterocycles. The Bertz CT molecular complexity index is 579. The SMILES string of the molecule is CNc1cccc(COc2ccc(NC(C)=O)cc2)c1. The van der Waals surface area contributed by atoms with Gasteiger partial charge in [-0.3, -0.25) is 4.79 Å². The number of ether oxygens (including phenoxy) is 1. The quantitative estimate of drug-likeness (QED) is 0.876. The summed E-state index contributed by atoms with van der Waals surface area (Å²) in [5, 5.41) is 5.81. The lowest BCUT2D eigenvalue weighted by Gasteiger charge is -2.09. The van der Waals surface area contributed by atoms with Crippen molar-refractivity contribution >= 4 is 17.3 Å². The van der Waals surface area contributed by atoms with E-state index in [4.69, 9.17) is 4.74 Å². The average molecular weight is 270 g/mol. The van der Waals surface area contributed by atoms with Crippen LogP contribution in [0.25, 0.3) is 0 Å². The lowest BCUT2D eigenvalue weighted by Crippen LogP contribution is -2.05. The first-order valence-electron chi connectivity index (χ1n) is 6.44. The Morgan fingerprint density at radius 3 is 2.50 bits per heavy atom. The molecule has 2 N–H and O–H groups in total. The van der Waals surface area contributed by atoms with Gasteiger partial charge in [-0.2, -0.15) is 0 Å². The number of hydrogen-bond acceptors (Lipinski definition) is 3. The molecule has 0 radical (unpaired) electrons. The van der Waals surface area contributed by atoms with E-state index in [1.54, 1.807) is 0 Å². The van der Waals surface area contributed by atoms with Crippen LogP contribution >= 0.6 is 0 Å². The summed E-state index contributed by atoms with van der Waals surface area (Å²) < 4.78 is 5.71. The second-order valence-corrected chi connectivity index (χ2v) is 4.44. The van der Waals surface area contributed by atoms with Gasteiger partial charge in [-0.05, 0) is 42.0 Å².